The molecule has 2 aromatic rings. The lowest BCUT2D eigenvalue weighted by Crippen LogP contribution is -2.54. The van der Waals surface area contributed by atoms with Crippen LogP contribution < -0.4 is 10.2 Å². The molecule has 0 bridgehead atoms. The van der Waals surface area contributed by atoms with Gasteiger partial charge in [-0.15, -0.1) is 0 Å². The van der Waals surface area contributed by atoms with Gasteiger partial charge in [0, 0.05) is 12.1 Å². The Labute approximate surface area is 147 Å². The van der Waals surface area contributed by atoms with Crippen LogP contribution in [0.5, 0.6) is 0 Å². The van der Waals surface area contributed by atoms with Crippen molar-refractivity contribution in [2.24, 2.45) is 0 Å². The van der Waals surface area contributed by atoms with Crippen LogP contribution in [-0.2, 0) is 9.59 Å². The number of barbiturate groups is 1. The number of hydrogen-bond acceptors (Lipinski definition) is 5. The molecule has 0 unspecified atom stereocenters. The molecule has 2 aromatic carbocycles. The Morgan fingerprint density at radius 3 is 2.19 bits per heavy atom. The molecule has 1 aliphatic rings. The third kappa shape index (κ3) is 3.20. The van der Waals surface area contributed by atoms with E-state index >= 15 is 0 Å². The normalized spacial score (nSPS) is 16.0. The van der Waals surface area contributed by atoms with Gasteiger partial charge in [-0.25, -0.2) is 9.69 Å². The first-order valence-corrected chi connectivity index (χ1v) is 7.59. The Morgan fingerprint density at radius 1 is 1.00 bits per heavy atom. The molecule has 4 amide bonds. The number of nitrogens with one attached hydrogen (secondary N) is 1. The van der Waals surface area contributed by atoms with Gasteiger partial charge in [0.25, 0.3) is 17.5 Å². The Hall–Kier alpha value is -3.81. The fourth-order valence-electron chi connectivity index (χ4n) is 2.44. The maximum absolute atomic E-state index is 12.7. The topological polar surface area (TPSA) is 110 Å². The van der Waals surface area contributed by atoms with Gasteiger partial charge in [-0.3, -0.25) is 25.0 Å². The number of nitro benzene ring substituents is 1. The molecule has 3 rings (SSSR count). The van der Waals surface area contributed by atoms with Crippen molar-refractivity contribution < 1.29 is 19.3 Å². The van der Waals surface area contributed by atoms with Crippen LogP contribution in [0.15, 0.2) is 54.1 Å². The summed E-state index contributed by atoms with van der Waals surface area (Å²) in [7, 11) is 0. The van der Waals surface area contributed by atoms with Gasteiger partial charge >= 0.3 is 6.03 Å². The van der Waals surface area contributed by atoms with Crippen molar-refractivity contribution in [3.05, 3.63) is 75.3 Å². The Kier molecular flexibility index (Phi) is 4.32. The Bertz CT molecular complexity index is 946. The molecule has 8 nitrogen and oxygen atoms in total. The van der Waals surface area contributed by atoms with Gasteiger partial charge in [-0.1, -0.05) is 29.8 Å². The number of carbonyl (C=O) groups excluding carboxylic acids is 3. The molecule has 1 N–H and O–H groups in total. The first-order chi connectivity index (χ1) is 12.4. The minimum absolute atomic E-state index is 0.125. The van der Waals surface area contributed by atoms with Crippen molar-refractivity contribution in [2.45, 2.75) is 6.92 Å². The molecule has 8 heteroatoms. The van der Waals surface area contributed by atoms with Crippen molar-refractivity contribution in [1.82, 2.24) is 5.32 Å². The van der Waals surface area contributed by atoms with Crippen LogP contribution in [0, 0.1) is 17.0 Å². The number of anilines is 1. The van der Waals surface area contributed by atoms with Crippen molar-refractivity contribution in [3.63, 3.8) is 0 Å². The molecule has 0 radical (unpaired) electrons. The number of nitro groups is 1. The molecule has 1 saturated heterocycles. The van der Waals surface area contributed by atoms with Crippen LogP contribution in [0.2, 0.25) is 0 Å². The summed E-state index contributed by atoms with van der Waals surface area (Å²) in [6.07, 6.45) is 1.39. The van der Waals surface area contributed by atoms with Gasteiger partial charge in [0.2, 0.25) is 0 Å². The summed E-state index contributed by atoms with van der Waals surface area (Å²) in [5.41, 5.74) is 1.40. The van der Waals surface area contributed by atoms with Crippen LogP contribution >= 0.6 is 0 Å². The number of hydrogen-bond donors (Lipinski definition) is 1. The maximum atomic E-state index is 12.7. The Balaban J connectivity index is 1.97. The SMILES string of the molecule is Cc1ccc(/C=C2\C(=O)NC(=O)N(c3ccc([N+](=O)[O-])cc3)C2=O)cc1. The largest absolute Gasteiger partial charge is 0.335 e. The van der Waals surface area contributed by atoms with Crippen LogP contribution in [0.4, 0.5) is 16.2 Å². The fraction of sp³-hybridized carbons (Fsp3) is 0.0556. The van der Waals surface area contributed by atoms with E-state index in [1.165, 1.54) is 30.3 Å². The Morgan fingerprint density at radius 2 is 1.62 bits per heavy atom. The van der Waals surface area contributed by atoms with Gasteiger partial charge in [0.15, 0.2) is 0 Å². The highest BCUT2D eigenvalue weighted by molar-refractivity contribution is 6.39. The second-order valence-electron chi connectivity index (χ2n) is 5.64. The van der Waals surface area contributed by atoms with E-state index in [1.807, 2.05) is 19.1 Å². The molecule has 0 spiro atoms. The van der Waals surface area contributed by atoms with Gasteiger partial charge < -0.3 is 0 Å². The van der Waals surface area contributed by atoms with Crippen LogP contribution in [0.1, 0.15) is 11.1 Å². The third-order valence-corrected chi connectivity index (χ3v) is 3.81. The van der Waals surface area contributed by atoms with E-state index in [0.717, 1.165) is 10.5 Å². The van der Waals surface area contributed by atoms with E-state index in [4.69, 9.17) is 0 Å². The molecule has 0 saturated carbocycles. The summed E-state index contributed by atoms with van der Waals surface area (Å²) >= 11 is 0. The number of benzene rings is 2. The van der Waals surface area contributed by atoms with Crippen molar-refractivity contribution >= 4 is 35.3 Å². The number of non-ortho nitro benzene ring substituents is 1. The summed E-state index contributed by atoms with van der Waals surface area (Å²) in [4.78, 5) is 47.7. The predicted octanol–water partition coefficient (Wildman–Crippen LogP) is 2.57. The monoisotopic (exact) mass is 351 g/mol. The van der Waals surface area contributed by atoms with E-state index in [-0.39, 0.29) is 16.9 Å². The quantitative estimate of drug-likeness (QED) is 0.395. The standard InChI is InChI=1S/C18H13N3O5/c1-11-2-4-12(5-3-11)10-15-16(22)19-18(24)20(17(15)23)13-6-8-14(9-7-13)21(25)26/h2-10H,1H3,(H,19,22,24)/b15-10+. The summed E-state index contributed by atoms with van der Waals surface area (Å²) < 4.78 is 0. The van der Waals surface area contributed by atoms with Crippen LogP contribution in [-0.4, -0.2) is 22.8 Å². The van der Waals surface area contributed by atoms with E-state index in [9.17, 15) is 24.5 Å². The summed E-state index contributed by atoms with van der Waals surface area (Å²) in [6.45, 7) is 1.91. The number of carbonyl (C=O) groups is 3. The highest BCUT2D eigenvalue weighted by Gasteiger charge is 2.36. The minimum atomic E-state index is -0.907. The number of nitrogens with zero attached hydrogens (tertiary/aromatic N) is 2. The molecular formula is C18H13N3O5. The van der Waals surface area contributed by atoms with Crippen molar-refractivity contribution in [2.75, 3.05) is 4.90 Å². The second kappa shape index (κ2) is 6.60. The van der Waals surface area contributed by atoms with Crippen molar-refractivity contribution in [3.8, 4) is 0 Å². The zero-order valence-electron chi connectivity index (χ0n) is 13.6. The molecule has 1 aliphatic heterocycles. The van der Waals surface area contributed by atoms with Gasteiger partial charge in [-0.05, 0) is 30.7 Å². The molecule has 1 fully saturated rings. The van der Waals surface area contributed by atoms with E-state index in [0.29, 0.717) is 5.56 Å². The van der Waals surface area contributed by atoms with E-state index in [1.54, 1.807) is 12.1 Å². The summed E-state index contributed by atoms with van der Waals surface area (Å²) in [6, 6.07) is 11.1. The smallest absolute Gasteiger partial charge is 0.273 e. The van der Waals surface area contributed by atoms with Gasteiger partial charge in [-0.2, -0.15) is 0 Å². The van der Waals surface area contributed by atoms with Crippen LogP contribution in [0.25, 0.3) is 6.08 Å². The zero-order chi connectivity index (χ0) is 18.8. The minimum Gasteiger partial charge on any atom is -0.273 e. The van der Waals surface area contributed by atoms with Gasteiger partial charge in [0.1, 0.15) is 5.57 Å². The highest BCUT2D eigenvalue weighted by atomic mass is 16.6. The summed E-state index contributed by atoms with van der Waals surface area (Å²) in [5.74, 6) is -1.59. The van der Waals surface area contributed by atoms with Gasteiger partial charge in [0.05, 0.1) is 10.6 Å². The number of urea groups is 1. The molecule has 0 atom stereocenters. The first-order valence-electron chi connectivity index (χ1n) is 7.59. The lowest BCUT2D eigenvalue weighted by atomic mass is 10.1. The second-order valence-corrected chi connectivity index (χ2v) is 5.64. The third-order valence-electron chi connectivity index (χ3n) is 3.81. The van der Waals surface area contributed by atoms with E-state index < -0.39 is 22.8 Å². The molecule has 0 aromatic heterocycles. The lowest BCUT2D eigenvalue weighted by Gasteiger charge is -2.26. The number of amides is 4. The molecule has 0 aliphatic carbocycles. The fourth-order valence-corrected chi connectivity index (χ4v) is 2.44. The maximum Gasteiger partial charge on any atom is 0.335 e. The molecule has 26 heavy (non-hydrogen) atoms. The first kappa shape index (κ1) is 17.0. The predicted molar refractivity (Wildman–Crippen MR) is 93.3 cm³/mol. The summed E-state index contributed by atoms with van der Waals surface area (Å²) in [5, 5.41) is 12.8. The number of imide groups is 2. The average molecular weight is 351 g/mol. The van der Waals surface area contributed by atoms with E-state index in [2.05, 4.69) is 5.32 Å². The molecule has 1 heterocycles. The highest BCUT2D eigenvalue weighted by Crippen LogP contribution is 2.24. The average Bonchev–Trinajstić information content (AvgIpc) is 2.60. The molecular weight excluding hydrogens is 338 g/mol. The van der Waals surface area contributed by atoms with Crippen molar-refractivity contribution in [1.29, 1.82) is 0 Å². The zero-order valence-corrected chi connectivity index (χ0v) is 13.6. The number of rotatable bonds is 3. The molecule has 130 valence electrons. The lowest BCUT2D eigenvalue weighted by molar-refractivity contribution is -0.384. The number of aryl methyl sites for hydroxylation is 1. The van der Waals surface area contributed by atoms with Crippen LogP contribution in [0.3, 0.4) is 0 Å².